The van der Waals surface area contributed by atoms with Gasteiger partial charge in [-0.2, -0.15) is 18.8 Å². The molecule has 0 spiro atoms. The van der Waals surface area contributed by atoms with Crippen LogP contribution in [0, 0.1) is 11.3 Å². The zero-order chi connectivity index (χ0) is 23.3. The minimum absolute atomic E-state index is 0. The van der Waals surface area contributed by atoms with E-state index in [1.54, 1.807) is 0 Å². The smallest absolute Gasteiger partial charge is 0.333 e. The maximum Gasteiger partial charge on any atom is 0.333 e. The molecule has 178 valence electrons. The number of nitrogens with one attached hydrogen (secondary N) is 2. The molecule has 0 aliphatic heterocycles. The van der Waals surface area contributed by atoms with Gasteiger partial charge in [0.25, 0.3) is 10.0 Å². The van der Waals surface area contributed by atoms with Gasteiger partial charge in [0.15, 0.2) is 4.21 Å². The first-order valence-corrected chi connectivity index (χ1v) is 12.6. The molecule has 1 aromatic carbocycles. The van der Waals surface area contributed by atoms with E-state index in [0.717, 1.165) is 60.8 Å². The lowest BCUT2D eigenvalue weighted by molar-refractivity contribution is 0.0779. The van der Waals surface area contributed by atoms with Crippen LogP contribution in [-0.2, 0) is 47.9 Å². The van der Waals surface area contributed by atoms with Crippen LogP contribution in [-0.4, -0.2) is 29.6 Å². The van der Waals surface area contributed by atoms with Gasteiger partial charge in [-0.25, -0.2) is 22.9 Å². The lowest BCUT2D eigenvalue weighted by atomic mass is 9.93. The molecule has 0 atom stereocenters. The summed E-state index contributed by atoms with van der Waals surface area (Å²) in [6.07, 6.45) is 4.72. The van der Waals surface area contributed by atoms with Crippen LogP contribution in [0.1, 0.15) is 65.2 Å². The van der Waals surface area contributed by atoms with Crippen molar-refractivity contribution in [3.8, 4) is 6.07 Å². The number of carbonyl (C=O) groups is 1. The zero-order valence-corrected chi connectivity index (χ0v) is 20.9. The highest BCUT2D eigenvalue weighted by Gasteiger charge is 2.32. The fraction of sp³-hybridized carbons (Fsp3) is 0.476. The summed E-state index contributed by atoms with van der Waals surface area (Å²) in [5.74, 6) is 0. The summed E-state index contributed by atoms with van der Waals surface area (Å²) in [4.78, 5) is 16.8. The Morgan fingerprint density at radius 1 is 1.15 bits per heavy atom. The first kappa shape index (κ1) is 25.5. The summed E-state index contributed by atoms with van der Waals surface area (Å²) < 4.78 is 27.5. The standard InChI is InChI=1S/C21H24N4O5S2.H2S/c1-21(2,28)19-23-16(10-26)18(31-19)32(29,30)25-20(27)24-17-13-7-3-5-11(13)15(9-22)12-6-4-8-14(12)17;/h26,28H,3-8,10H2,1-2H3,(H2,24,25,27);1H2. The van der Waals surface area contributed by atoms with Crippen LogP contribution in [0.2, 0.25) is 0 Å². The molecule has 0 saturated heterocycles. The van der Waals surface area contributed by atoms with Gasteiger partial charge in [-0.1, -0.05) is 0 Å². The quantitative estimate of drug-likeness (QED) is 0.482. The molecule has 0 fully saturated rings. The van der Waals surface area contributed by atoms with Crippen LogP contribution >= 0.6 is 24.8 Å². The second-order valence-corrected chi connectivity index (χ2v) is 11.4. The van der Waals surface area contributed by atoms with Crippen molar-refractivity contribution in [3.05, 3.63) is 38.5 Å². The Labute approximate surface area is 203 Å². The monoisotopic (exact) mass is 510 g/mol. The normalized spacial score (nSPS) is 14.8. The second-order valence-electron chi connectivity index (χ2n) is 8.51. The number of rotatable bonds is 5. The van der Waals surface area contributed by atoms with Gasteiger partial charge in [0.05, 0.1) is 23.9 Å². The van der Waals surface area contributed by atoms with E-state index >= 15 is 0 Å². The first-order valence-electron chi connectivity index (χ1n) is 10.3. The van der Waals surface area contributed by atoms with Crippen LogP contribution in [0.4, 0.5) is 10.5 Å². The predicted molar refractivity (Wildman–Crippen MR) is 128 cm³/mol. The number of carbonyl (C=O) groups excluding carboxylic acids is 1. The molecule has 4 rings (SSSR count). The molecule has 0 unspecified atom stereocenters. The van der Waals surface area contributed by atoms with Crippen molar-refractivity contribution in [3.63, 3.8) is 0 Å². The lowest BCUT2D eigenvalue weighted by Crippen LogP contribution is -2.35. The molecule has 0 radical (unpaired) electrons. The van der Waals surface area contributed by atoms with E-state index < -0.39 is 28.3 Å². The Morgan fingerprint density at radius 3 is 2.18 bits per heavy atom. The van der Waals surface area contributed by atoms with Crippen molar-refractivity contribution in [2.24, 2.45) is 0 Å². The summed E-state index contributed by atoms with van der Waals surface area (Å²) in [5, 5.41) is 32.2. The van der Waals surface area contributed by atoms with Gasteiger partial charge in [0.1, 0.15) is 10.6 Å². The van der Waals surface area contributed by atoms with Crippen molar-refractivity contribution < 1.29 is 23.4 Å². The van der Waals surface area contributed by atoms with Crippen molar-refractivity contribution in [1.29, 1.82) is 5.26 Å². The summed E-state index contributed by atoms with van der Waals surface area (Å²) in [7, 11) is -4.33. The van der Waals surface area contributed by atoms with Crippen LogP contribution in [0.5, 0.6) is 0 Å². The average molecular weight is 511 g/mol. The molecule has 2 aliphatic rings. The molecule has 0 saturated carbocycles. The van der Waals surface area contributed by atoms with Crippen LogP contribution in [0.25, 0.3) is 0 Å². The molecule has 2 aromatic rings. The molecular formula is C21H26N4O5S3. The number of hydrogen-bond donors (Lipinski definition) is 4. The number of benzene rings is 1. The van der Waals surface area contributed by atoms with Crippen molar-refractivity contribution in [1.82, 2.24) is 9.71 Å². The van der Waals surface area contributed by atoms with E-state index in [-0.39, 0.29) is 28.4 Å². The molecule has 0 bridgehead atoms. The minimum atomic E-state index is -4.33. The molecule has 12 heteroatoms. The van der Waals surface area contributed by atoms with Gasteiger partial charge in [0.2, 0.25) is 0 Å². The number of aliphatic hydroxyl groups excluding tert-OH is 1. The van der Waals surface area contributed by atoms with Gasteiger partial charge in [-0.15, -0.1) is 11.3 Å². The van der Waals surface area contributed by atoms with Gasteiger partial charge < -0.3 is 15.5 Å². The van der Waals surface area contributed by atoms with E-state index in [0.29, 0.717) is 22.6 Å². The predicted octanol–water partition coefficient (Wildman–Crippen LogP) is 2.34. The third-order valence-electron chi connectivity index (χ3n) is 5.80. The number of nitrogens with zero attached hydrogens (tertiary/aromatic N) is 2. The van der Waals surface area contributed by atoms with E-state index in [9.17, 15) is 28.7 Å². The Kier molecular flexibility index (Phi) is 7.12. The van der Waals surface area contributed by atoms with E-state index in [1.807, 2.05) is 4.72 Å². The maximum atomic E-state index is 12.9. The highest BCUT2D eigenvalue weighted by Crippen LogP contribution is 2.41. The third-order valence-corrected chi connectivity index (χ3v) is 9.09. The summed E-state index contributed by atoms with van der Waals surface area (Å²) in [6, 6.07) is 1.40. The topological polar surface area (TPSA) is 152 Å². The summed E-state index contributed by atoms with van der Waals surface area (Å²) in [6.45, 7) is 2.26. The SMILES string of the molecule is CC(C)(O)c1nc(CO)c(S(=O)(=O)NC(=O)Nc2c3c(c(C#N)c4c2CCC4)CCC3)s1.S. The second kappa shape index (κ2) is 9.23. The highest BCUT2D eigenvalue weighted by atomic mass is 32.2. The fourth-order valence-corrected chi connectivity index (χ4v) is 6.88. The highest BCUT2D eigenvalue weighted by molar-refractivity contribution is 7.92. The Bertz CT molecular complexity index is 1220. The molecule has 2 amide bonds. The minimum Gasteiger partial charge on any atom is -0.390 e. The van der Waals surface area contributed by atoms with Crippen LogP contribution < -0.4 is 10.0 Å². The molecule has 33 heavy (non-hydrogen) atoms. The largest absolute Gasteiger partial charge is 0.390 e. The number of nitriles is 1. The Morgan fingerprint density at radius 2 is 1.70 bits per heavy atom. The maximum absolute atomic E-state index is 12.9. The Balaban J connectivity index is 0.00000306. The van der Waals surface area contributed by atoms with Gasteiger partial charge >= 0.3 is 6.03 Å². The Hall–Kier alpha value is -2.17. The number of hydrogen-bond acceptors (Lipinski definition) is 8. The summed E-state index contributed by atoms with van der Waals surface area (Å²) in [5.41, 5.74) is 3.51. The average Bonchev–Trinajstić information content (AvgIpc) is 3.45. The zero-order valence-electron chi connectivity index (χ0n) is 18.3. The molecular weight excluding hydrogens is 484 g/mol. The number of anilines is 1. The number of amides is 2. The van der Waals surface area contributed by atoms with E-state index in [2.05, 4.69) is 16.4 Å². The van der Waals surface area contributed by atoms with Gasteiger partial charge in [-0.05, 0) is 74.6 Å². The molecule has 1 heterocycles. The third kappa shape index (κ3) is 4.61. The number of thiazole rings is 1. The van der Waals surface area contributed by atoms with Crippen molar-refractivity contribution in [2.75, 3.05) is 5.32 Å². The van der Waals surface area contributed by atoms with Gasteiger partial charge in [0, 0.05) is 5.69 Å². The molecule has 1 aromatic heterocycles. The molecule has 9 nitrogen and oxygen atoms in total. The number of aromatic nitrogens is 1. The molecule has 4 N–H and O–H groups in total. The molecule has 2 aliphatic carbocycles. The van der Waals surface area contributed by atoms with Gasteiger partial charge in [-0.3, -0.25) is 0 Å². The first-order chi connectivity index (χ1) is 15.1. The van der Waals surface area contributed by atoms with E-state index in [4.69, 9.17) is 0 Å². The number of sulfonamides is 1. The number of fused-ring (bicyclic) bond motifs is 2. The number of aliphatic hydroxyl groups is 2. The van der Waals surface area contributed by atoms with Crippen molar-refractivity contribution in [2.45, 2.75) is 68.8 Å². The lowest BCUT2D eigenvalue weighted by Gasteiger charge is -2.18. The fourth-order valence-electron chi connectivity index (χ4n) is 4.46. The van der Waals surface area contributed by atoms with Crippen LogP contribution in [0.3, 0.4) is 0 Å². The van der Waals surface area contributed by atoms with Crippen LogP contribution in [0.15, 0.2) is 4.21 Å². The van der Waals surface area contributed by atoms with Crippen molar-refractivity contribution >= 4 is 46.6 Å². The van der Waals surface area contributed by atoms with E-state index in [1.165, 1.54) is 13.8 Å². The number of urea groups is 1. The summed E-state index contributed by atoms with van der Waals surface area (Å²) >= 11 is 0.704.